The van der Waals surface area contributed by atoms with Crippen LogP contribution in [0.2, 0.25) is 0 Å². The van der Waals surface area contributed by atoms with Crippen molar-refractivity contribution in [3.8, 4) is 0 Å². The first-order valence-corrected chi connectivity index (χ1v) is 8.24. The number of benzene rings is 1. The van der Waals surface area contributed by atoms with Gasteiger partial charge in [0.1, 0.15) is 0 Å². The Morgan fingerprint density at radius 3 is 2.89 bits per heavy atom. The largest absolute Gasteiger partial charge is 0.115 e. The Labute approximate surface area is 122 Å². The molecule has 0 aromatic heterocycles. The quantitative estimate of drug-likeness (QED) is 0.636. The molecule has 1 heteroatoms. The second-order valence-electron chi connectivity index (χ2n) is 6.20. The van der Waals surface area contributed by atoms with Crippen LogP contribution in [0.15, 0.2) is 29.2 Å². The molecule has 1 radical (unpaired) electrons. The second-order valence-corrected chi connectivity index (χ2v) is 7.90. The van der Waals surface area contributed by atoms with Gasteiger partial charge in [-0.05, 0) is 61.9 Å². The van der Waals surface area contributed by atoms with E-state index >= 15 is 0 Å². The van der Waals surface area contributed by atoms with Crippen LogP contribution in [0.3, 0.4) is 0 Å². The van der Waals surface area contributed by atoms with E-state index in [4.69, 9.17) is 0 Å². The van der Waals surface area contributed by atoms with E-state index in [9.17, 15) is 0 Å². The molecule has 1 aromatic carbocycles. The summed E-state index contributed by atoms with van der Waals surface area (Å²) in [4.78, 5) is 1.42. The molecular weight excluding hydrogens is 248 g/mol. The molecule has 1 aromatic rings. The molecule has 1 unspecified atom stereocenters. The van der Waals surface area contributed by atoms with Gasteiger partial charge < -0.3 is 0 Å². The molecule has 2 rings (SSSR count). The van der Waals surface area contributed by atoms with Gasteiger partial charge in [0.05, 0.1) is 0 Å². The monoisotopic (exact) mass is 273 g/mol. The number of thioether (sulfide) groups is 1. The third-order valence-corrected chi connectivity index (χ3v) is 5.12. The molecule has 0 amide bonds. The first-order chi connectivity index (χ1) is 9.02. The topological polar surface area (TPSA) is 0 Å². The normalized spacial score (nSPS) is 18.6. The van der Waals surface area contributed by atoms with Gasteiger partial charge in [-0.1, -0.05) is 38.8 Å². The fourth-order valence-electron chi connectivity index (χ4n) is 2.62. The predicted octanol–water partition coefficient (Wildman–Crippen LogP) is 5.97. The lowest BCUT2D eigenvalue weighted by atomic mass is 9.93. The zero-order valence-corrected chi connectivity index (χ0v) is 13.4. The summed E-state index contributed by atoms with van der Waals surface area (Å²) in [5.74, 6) is 0.855. The highest BCUT2D eigenvalue weighted by atomic mass is 32.2. The van der Waals surface area contributed by atoms with Crippen molar-refractivity contribution in [2.45, 2.75) is 63.0 Å². The van der Waals surface area contributed by atoms with Gasteiger partial charge in [0, 0.05) is 9.64 Å². The second kappa shape index (κ2) is 6.17. The summed E-state index contributed by atoms with van der Waals surface area (Å²) in [5.41, 5.74) is 2.94. The van der Waals surface area contributed by atoms with Crippen LogP contribution in [-0.4, -0.2) is 4.75 Å². The molecule has 0 fully saturated rings. The molecule has 0 aliphatic carbocycles. The molecule has 1 aliphatic rings. The minimum absolute atomic E-state index is 0.222. The molecule has 0 nitrogen and oxygen atoms in total. The van der Waals surface area contributed by atoms with Crippen LogP contribution in [0.4, 0.5) is 0 Å². The number of fused-ring (bicyclic) bond motifs is 1. The van der Waals surface area contributed by atoms with Crippen molar-refractivity contribution in [1.29, 1.82) is 0 Å². The van der Waals surface area contributed by atoms with Crippen molar-refractivity contribution < 1.29 is 0 Å². The summed E-state index contributed by atoms with van der Waals surface area (Å²) in [6.45, 7) is 9.27. The van der Waals surface area contributed by atoms with Gasteiger partial charge in [0.15, 0.2) is 0 Å². The lowest BCUT2D eigenvalue weighted by molar-refractivity contribution is 0.499. The van der Waals surface area contributed by atoms with Crippen molar-refractivity contribution in [3.05, 3.63) is 35.9 Å². The van der Waals surface area contributed by atoms with Gasteiger partial charge in [-0.2, -0.15) is 0 Å². The zero-order chi connectivity index (χ0) is 13.9. The fourth-order valence-corrected chi connectivity index (χ4v) is 3.82. The van der Waals surface area contributed by atoms with E-state index < -0.39 is 0 Å². The Kier molecular flexibility index (Phi) is 4.78. The van der Waals surface area contributed by atoms with Gasteiger partial charge in [-0.25, -0.2) is 0 Å². The lowest BCUT2D eigenvalue weighted by Crippen LogP contribution is -2.15. The van der Waals surface area contributed by atoms with Crippen molar-refractivity contribution in [2.75, 3.05) is 0 Å². The van der Waals surface area contributed by atoms with E-state index in [1.807, 2.05) is 17.8 Å². The highest BCUT2D eigenvalue weighted by molar-refractivity contribution is 8.01. The molecule has 0 bridgehead atoms. The average molecular weight is 273 g/mol. The first-order valence-electron chi connectivity index (χ1n) is 7.43. The average Bonchev–Trinajstić information content (AvgIpc) is 2.37. The standard InChI is InChI=1S/C18H25S/c1-5-14(2)9-8-10-15-13-18(3,4)19-17-12-7-6-11-16(15)17/h7,11-14H,5,8-10H2,1-4H3. The third kappa shape index (κ3) is 3.89. The highest BCUT2D eigenvalue weighted by Gasteiger charge is 2.25. The summed E-state index contributed by atoms with van der Waals surface area (Å²) in [6.07, 6.45) is 7.61. The number of hydrogen-bond acceptors (Lipinski definition) is 1. The molecule has 0 saturated carbocycles. The summed E-state index contributed by atoms with van der Waals surface area (Å²) < 4.78 is 0.222. The molecule has 19 heavy (non-hydrogen) atoms. The Balaban J connectivity index is 2.11. The Morgan fingerprint density at radius 1 is 1.37 bits per heavy atom. The summed E-state index contributed by atoms with van der Waals surface area (Å²) in [5, 5.41) is 0. The van der Waals surface area contributed by atoms with Crippen LogP contribution in [0.5, 0.6) is 0 Å². The number of hydrogen-bond donors (Lipinski definition) is 0. The minimum atomic E-state index is 0.222. The van der Waals surface area contributed by atoms with E-state index in [2.05, 4.69) is 52.0 Å². The third-order valence-electron chi connectivity index (χ3n) is 3.90. The SMILES string of the molecule is CCC(C)CCCC1=CC(C)(C)Sc2cc[c]cc21. The lowest BCUT2D eigenvalue weighted by Gasteiger charge is -2.29. The fraction of sp³-hybridized carbons (Fsp3) is 0.556. The van der Waals surface area contributed by atoms with Crippen molar-refractivity contribution in [1.82, 2.24) is 0 Å². The molecule has 103 valence electrons. The smallest absolute Gasteiger partial charge is 0.0335 e. The summed E-state index contributed by atoms with van der Waals surface area (Å²) in [7, 11) is 0. The number of rotatable bonds is 5. The van der Waals surface area contributed by atoms with Crippen LogP contribution in [0, 0.1) is 12.0 Å². The Hall–Kier alpha value is -0.690. The molecule has 1 aliphatic heterocycles. The van der Waals surface area contributed by atoms with Gasteiger partial charge in [0.25, 0.3) is 0 Å². The van der Waals surface area contributed by atoms with E-state index in [1.165, 1.54) is 41.7 Å². The van der Waals surface area contributed by atoms with E-state index in [0.29, 0.717) is 0 Å². The van der Waals surface area contributed by atoms with Gasteiger partial charge in [0.2, 0.25) is 0 Å². The van der Waals surface area contributed by atoms with Gasteiger partial charge in [-0.15, -0.1) is 11.8 Å². The van der Waals surface area contributed by atoms with Crippen LogP contribution in [0.1, 0.15) is 58.9 Å². The first kappa shape index (κ1) is 14.7. The molecule has 0 saturated heterocycles. The summed E-state index contributed by atoms with van der Waals surface area (Å²) >= 11 is 1.97. The highest BCUT2D eigenvalue weighted by Crippen LogP contribution is 2.45. The molecule has 1 heterocycles. The van der Waals surface area contributed by atoms with Gasteiger partial charge >= 0.3 is 0 Å². The minimum Gasteiger partial charge on any atom is -0.115 e. The van der Waals surface area contributed by atoms with Crippen LogP contribution < -0.4 is 0 Å². The Morgan fingerprint density at radius 2 is 2.16 bits per heavy atom. The summed E-state index contributed by atoms with van der Waals surface area (Å²) in [6, 6.07) is 9.64. The van der Waals surface area contributed by atoms with Crippen molar-refractivity contribution in [3.63, 3.8) is 0 Å². The zero-order valence-electron chi connectivity index (χ0n) is 12.6. The number of allylic oxidation sites excluding steroid dienone is 1. The van der Waals surface area contributed by atoms with E-state index in [0.717, 1.165) is 5.92 Å². The predicted molar refractivity (Wildman–Crippen MR) is 86.5 cm³/mol. The molecular formula is C18H25S. The maximum atomic E-state index is 3.23. The molecule has 1 atom stereocenters. The van der Waals surface area contributed by atoms with Gasteiger partial charge in [-0.3, -0.25) is 0 Å². The van der Waals surface area contributed by atoms with Crippen LogP contribution in [0.25, 0.3) is 5.57 Å². The Bertz CT molecular complexity index is 457. The van der Waals surface area contributed by atoms with E-state index in [-0.39, 0.29) is 4.75 Å². The van der Waals surface area contributed by atoms with Crippen LogP contribution >= 0.6 is 11.8 Å². The van der Waals surface area contributed by atoms with E-state index in [1.54, 1.807) is 0 Å². The van der Waals surface area contributed by atoms with Crippen LogP contribution in [-0.2, 0) is 0 Å². The van der Waals surface area contributed by atoms with Crippen molar-refractivity contribution >= 4 is 17.3 Å². The maximum Gasteiger partial charge on any atom is 0.0335 e. The van der Waals surface area contributed by atoms with Crippen molar-refractivity contribution in [2.24, 2.45) is 5.92 Å². The maximum absolute atomic E-state index is 3.23. The molecule has 0 N–H and O–H groups in total. The molecule has 0 spiro atoms.